The fourth-order valence-corrected chi connectivity index (χ4v) is 3.02. The molecule has 23 heavy (non-hydrogen) atoms. The van der Waals surface area contributed by atoms with Crippen molar-refractivity contribution >= 4 is 16.7 Å². The summed E-state index contributed by atoms with van der Waals surface area (Å²) >= 11 is 0. The highest BCUT2D eigenvalue weighted by molar-refractivity contribution is 5.93. The molecule has 1 aliphatic heterocycles. The van der Waals surface area contributed by atoms with Crippen molar-refractivity contribution in [1.29, 1.82) is 0 Å². The van der Waals surface area contributed by atoms with Crippen molar-refractivity contribution < 1.29 is 14.3 Å². The first-order chi connectivity index (χ1) is 11.3. The predicted octanol–water partition coefficient (Wildman–Crippen LogP) is 4.41. The smallest absolute Gasteiger partial charge is 0.310 e. The topological polar surface area (TPSA) is 35.5 Å². The van der Waals surface area contributed by atoms with Crippen molar-refractivity contribution in [2.75, 3.05) is 0 Å². The van der Waals surface area contributed by atoms with Crippen molar-refractivity contribution in [1.82, 2.24) is 0 Å². The first kappa shape index (κ1) is 13.8. The molecular weight excluding hydrogens is 288 g/mol. The molecule has 1 atom stereocenters. The molecule has 0 aliphatic carbocycles. The zero-order valence-corrected chi connectivity index (χ0v) is 12.6. The molecule has 0 unspecified atom stereocenters. The first-order valence-corrected chi connectivity index (χ1v) is 7.69. The van der Waals surface area contributed by atoms with Gasteiger partial charge >= 0.3 is 5.97 Å². The van der Waals surface area contributed by atoms with E-state index in [1.807, 2.05) is 54.6 Å². The zero-order chi connectivity index (χ0) is 15.6. The minimum absolute atomic E-state index is 0.223. The van der Waals surface area contributed by atoms with Gasteiger partial charge in [0.05, 0.1) is 6.42 Å². The van der Waals surface area contributed by atoms with Gasteiger partial charge in [-0.25, -0.2) is 0 Å². The zero-order valence-electron chi connectivity index (χ0n) is 12.6. The van der Waals surface area contributed by atoms with E-state index < -0.39 is 0 Å². The van der Waals surface area contributed by atoms with Crippen LogP contribution in [0.4, 0.5) is 0 Å². The monoisotopic (exact) mass is 304 g/mol. The summed E-state index contributed by atoms with van der Waals surface area (Å²) in [6.07, 6.45) is -0.0416. The van der Waals surface area contributed by atoms with Gasteiger partial charge in [0.2, 0.25) is 0 Å². The van der Waals surface area contributed by atoms with Crippen LogP contribution in [0.3, 0.4) is 0 Å². The summed E-state index contributed by atoms with van der Waals surface area (Å²) < 4.78 is 11.3. The second-order valence-electron chi connectivity index (χ2n) is 5.66. The number of rotatable bonds is 4. The maximum absolute atomic E-state index is 12.1. The largest absolute Gasteiger partial charge is 0.484 e. The number of ether oxygens (including phenoxy) is 2. The van der Waals surface area contributed by atoms with Gasteiger partial charge in [0.1, 0.15) is 18.5 Å². The minimum atomic E-state index is -0.264. The average Bonchev–Trinajstić information content (AvgIpc) is 2.94. The Morgan fingerprint density at radius 1 is 0.957 bits per heavy atom. The highest BCUT2D eigenvalue weighted by Gasteiger charge is 2.28. The third kappa shape index (κ3) is 2.66. The van der Waals surface area contributed by atoms with Crippen LogP contribution in [-0.2, 0) is 16.1 Å². The standard InChI is InChI=1S/C20H16O3/c21-19(22-13-14-6-2-1-3-7-14)12-18-16-10-4-8-15-9-5-11-17(23-18)20(15)16/h1-11,18H,12-13H2/t18-/m1/s1. The highest BCUT2D eigenvalue weighted by Crippen LogP contribution is 2.42. The van der Waals surface area contributed by atoms with E-state index in [1.165, 1.54) is 0 Å². The van der Waals surface area contributed by atoms with Crippen LogP contribution in [0.2, 0.25) is 0 Å². The van der Waals surface area contributed by atoms with Crippen LogP contribution in [0, 0.1) is 0 Å². The van der Waals surface area contributed by atoms with Gasteiger partial charge in [-0.05, 0) is 17.0 Å². The molecule has 0 saturated carbocycles. The van der Waals surface area contributed by atoms with Gasteiger partial charge in [0, 0.05) is 10.9 Å². The molecule has 3 aromatic rings. The Balaban J connectivity index is 1.47. The van der Waals surface area contributed by atoms with E-state index in [1.54, 1.807) is 0 Å². The number of esters is 1. The molecule has 3 heteroatoms. The lowest BCUT2D eigenvalue weighted by Gasteiger charge is -2.12. The summed E-state index contributed by atoms with van der Waals surface area (Å²) in [7, 11) is 0. The van der Waals surface area contributed by atoms with Crippen LogP contribution >= 0.6 is 0 Å². The van der Waals surface area contributed by atoms with Gasteiger partial charge < -0.3 is 9.47 Å². The summed E-state index contributed by atoms with van der Waals surface area (Å²) in [5.41, 5.74) is 2.05. The van der Waals surface area contributed by atoms with Crippen molar-refractivity contribution in [2.45, 2.75) is 19.1 Å². The first-order valence-electron chi connectivity index (χ1n) is 7.69. The molecule has 3 nitrogen and oxygen atoms in total. The second kappa shape index (κ2) is 5.76. The quantitative estimate of drug-likeness (QED) is 0.670. The maximum atomic E-state index is 12.1. The third-order valence-corrected chi connectivity index (χ3v) is 4.11. The van der Waals surface area contributed by atoms with Crippen LogP contribution in [-0.4, -0.2) is 5.97 Å². The minimum Gasteiger partial charge on any atom is -0.484 e. The molecular formula is C20H16O3. The van der Waals surface area contributed by atoms with Gasteiger partial charge in [-0.3, -0.25) is 4.79 Å². The molecule has 0 spiro atoms. The Hall–Kier alpha value is -2.81. The molecule has 0 amide bonds. The van der Waals surface area contributed by atoms with Gasteiger partial charge in [0.25, 0.3) is 0 Å². The van der Waals surface area contributed by atoms with E-state index >= 15 is 0 Å². The van der Waals surface area contributed by atoms with E-state index in [0.717, 1.165) is 27.6 Å². The number of benzene rings is 3. The summed E-state index contributed by atoms with van der Waals surface area (Å²) in [5.74, 6) is 0.600. The van der Waals surface area contributed by atoms with Crippen molar-refractivity contribution in [3.63, 3.8) is 0 Å². The molecule has 0 aromatic heterocycles. The lowest BCUT2D eigenvalue weighted by atomic mass is 10.0. The van der Waals surface area contributed by atoms with Gasteiger partial charge in [-0.15, -0.1) is 0 Å². The van der Waals surface area contributed by atoms with Crippen LogP contribution in [0.15, 0.2) is 66.7 Å². The van der Waals surface area contributed by atoms with E-state index in [4.69, 9.17) is 9.47 Å². The summed E-state index contributed by atoms with van der Waals surface area (Å²) in [6.45, 7) is 0.295. The van der Waals surface area contributed by atoms with Crippen LogP contribution < -0.4 is 4.74 Å². The Bertz CT molecular complexity index is 850. The number of hydrogen-bond donors (Lipinski definition) is 0. The molecule has 4 rings (SSSR count). The molecule has 1 aliphatic rings. The normalized spacial score (nSPS) is 15.4. The second-order valence-corrected chi connectivity index (χ2v) is 5.66. The molecule has 0 fully saturated rings. The van der Waals surface area contributed by atoms with Crippen LogP contribution in [0.25, 0.3) is 10.8 Å². The molecule has 0 saturated heterocycles. The van der Waals surface area contributed by atoms with Gasteiger partial charge in [-0.2, -0.15) is 0 Å². The molecule has 0 N–H and O–H groups in total. The van der Waals surface area contributed by atoms with Crippen molar-refractivity contribution in [3.05, 3.63) is 77.9 Å². The van der Waals surface area contributed by atoms with Crippen molar-refractivity contribution in [2.24, 2.45) is 0 Å². The summed E-state index contributed by atoms with van der Waals surface area (Å²) in [5, 5.41) is 2.25. The van der Waals surface area contributed by atoms with Crippen LogP contribution in [0.1, 0.15) is 23.7 Å². The molecule has 0 bridgehead atoms. The van der Waals surface area contributed by atoms with Crippen LogP contribution in [0.5, 0.6) is 5.75 Å². The fraction of sp³-hybridized carbons (Fsp3) is 0.150. The van der Waals surface area contributed by atoms with Gasteiger partial charge in [0.15, 0.2) is 0 Å². The molecule has 3 aromatic carbocycles. The SMILES string of the molecule is O=C(C[C@H]1Oc2cccc3cccc1c23)OCc1ccccc1. The van der Waals surface area contributed by atoms with E-state index in [9.17, 15) is 4.79 Å². The maximum Gasteiger partial charge on any atom is 0.310 e. The summed E-state index contributed by atoms with van der Waals surface area (Å²) in [4.78, 5) is 12.1. The molecule has 114 valence electrons. The van der Waals surface area contributed by atoms with E-state index in [0.29, 0.717) is 6.61 Å². The Morgan fingerprint density at radius 2 is 1.74 bits per heavy atom. The van der Waals surface area contributed by atoms with E-state index in [2.05, 4.69) is 12.1 Å². The highest BCUT2D eigenvalue weighted by atomic mass is 16.5. The lowest BCUT2D eigenvalue weighted by molar-refractivity contribution is -0.146. The van der Waals surface area contributed by atoms with E-state index in [-0.39, 0.29) is 18.5 Å². The fourth-order valence-electron chi connectivity index (χ4n) is 3.02. The lowest BCUT2D eigenvalue weighted by Crippen LogP contribution is -2.12. The Kier molecular flexibility index (Phi) is 3.46. The van der Waals surface area contributed by atoms with Crippen molar-refractivity contribution in [3.8, 4) is 5.75 Å². The summed E-state index contributed by atoms with van der Waals surface area (Å²) in [6, 6.07) is 21.7. The third-order valence-electron chi connectivity index (χ3n) is 4.11. The Morgan fingerprint density at radius 3 is 2.57 bits per heavy atom. The number of carbonyl (C=O) groups is 1. The van der Waals surface area contributed by atoms with Gasteiger partial charge in [-0.1, -0.05) is 60.7 Å². The molecule has 0 radical (unpaired) electrons. The number of hydrogen-bond acceptors (Lipinski definition) is 3. The Labute approximate surface area is 134 Å². The average molecular weight is 304 g/mol. The number of carbonyl (C=O) groups excluding carboxylic acids is 1. The molecule has 1 heterocycles. The predicted molar refractivity (Wildman–Crippen MR) is 88.2 cm³/mol.